The highest BCUT2D eigenvalue weighted by atomic mass is 16.3. The van der Waals surface area contributed by atoms with Crippen molar-refractivity contribution in [2.24, 2.45) is 0 Å². The van der Waals surface area contributed by atoms with Crippen LogP contribution in [0.25, 0.3) is 39.0 Å². The number of furan rings is 1. The van der Waals surface area contributed by atoms with Gasteiger partial charge in [-0.3, -0.25) is 4.40 Å². The number of hydrogen-bond donors (Lipinski definition) is 0. The Hall–Kier alpha value is -3.14. The van der Waals surface area contributed by atoms with Crippen LogP contribution < -0.4 is 0 Å². The minimum absolute atomic E-state index is 0.751. The predicted molar refractivity (Wildman–Crippen MR) is 85.7 cm³/mol. The van der Waals surface area contributed by atoms with Crippen LogP contribution in [0.4, 0.5) is 0 Å². The Kier molecular flexibility index (Phi) is 2.19. The zero-order chi connectivity index (χ0) is 14.5. The molecule has 0 saturated carbocycles. The van der Waals surface area contributed by atoms with E-state index in [-0.39, 0.29) is 0 Å². The molecule has 0 bridgehead atoms. The second-order valence-corrected chi connectivity index (χ2v) is 5.19. The number of aromatic nitrogens is 3. The lowest BCUT2D eigenvalue weighted by Gasteiger charge is -2.04. The average molecular weight is 285 g/mol. The molecule has 0 N–H and O–H groups in total. The standard InChI is InChI=1S/C18H11N3O/c1-2-7-13-12(6-1)16-18(17(19-13)14-8-5-11-22-14)21-10-4-3-9-15(21)20-16/h1-11H. The monoisotopic (exact) mass is 285 g/mol. The molecule has 4 nitrogen and oxygen atoms in total. The molecule has 0 aliphatic heterocycles. The molecule has 1 aromatic carbocycles. The number of fused-ring (bicyclic) bond motifs is 5. The summed E-state index contributed by atoms with van der Waals surface area (Å²) in [5, 5.41) is 1.05. The van der Waals surface area contributed by atoms with Crippen molar-refractivity contribution in [2.45, 2.75) is 0 Å². The van der Waals surface area contributed by atoms with Crippen LogP contribution in [0.15, 0.2) is 71.5 Å². The SMILES string of the molecule is c1coc(-c2nc3ccccc3c3nc4ccccn4c23)c1. The Morgan fingerprint density at radius 1 is 0.864 bits per heavy atom. The smallest absolute Gasteiger partial charge is 0.154 e. The maximum atomic E-state index is 5.59. The number of pyridine rings is 2. The van der Waals surface area contributed by atoms with E-state index >= 15 is 0 Å². The first-order valence-electron chi connectivity index (χ1n) is 7.11. The van der Waals surface area contributed by atoms with Gasteiger partial charge >= 0.3 is 0 Å². The molecule has 4 heteroatoms. The molecule has 0 atom stereocenters. The summed E-state index contributed by atoms with van der Waals surface area (Å²) in [5.41, 5.74) is 4.57. The molecular formula is C18H11N3O. The van der Waals surface area contributed by atoms with E-state index in [1.807, 2.05) is 54.7 Å². The van der Waals surface area contributed by atoms with Gasteiger partial charge in [-0.2, -0.15) is 0 Å². The average Bonchev–Trinajstić information content (AvgIpc) is 3.22. The van der Waals surface area contributed by atoms with Crippen molar-refractivity contribution in [2.75, 3.05) is 0 Å². The lowest BCUT2D eigenvalue weighted by atomic mass is 10.1. The number of rotatable bonds is 1. The maximum Gasteiger partial charge on any atom is 0.154 e. The van der Waals surface area contributed by atoms with Crippen molar-refractivity contribution in [3.63, 3.8) is 0 Å². The van der Waals surface area contributed by atoms with Gasteiger partial charge in [0.15, 0.2) is 5.76 Å². The Labute approximate surface area is 125 Å². The van der Waals surface area contributed by atoms with Gasteiger partial charge in [-0.1, -0.05) is 24.3 Å². The Balaban J connectivity index is 2.09. The summed E-state index contributed by atoms with van der Waals surface area (Å²) in [7, 11) is 0. The van der Waals surface area contributed by atoms with Crippen LogP contribution in [-0.2, 0) is 0 Å². The summed E-state index contributed by atoms with van der Waals surface area (Å²) in [4.78, 5) is 9.61. The molecule has 0 spiro atoms. The summed E-state index contributed by atoms with van der Waals surface area (Å²) in [6, 6.07) is 17.9. The lowest BCUT2D eigenvalue weighted by Crippen LogP contribution is -1.90. The third kappa shape index (κ3) is 1.46. The molecule has 4 aromatic heterocycles. The van der Waals surface area contributed by atoms with Crippen LogP contribution in [0.5, 0.6) is 0 Å². The zero-order valence-corrected chi connectivity index (χ0v) is 11.6. The topological polar surface area (TPSA) is 43.3 Å². The predicted octanol–water partition coefficient (Wildman–Crippen LogP) is 4.30. The van der Waals surface area contributed by atoms with Gasteiger partial charge < -0.3 is 4.42 Å². The fraction of sp³-hybridized carbons (Fsp3) is 0. The van der Waals surface area contributed by atoms with Gasteiger partial charge in [0.1, 0.15) is 22.4 Å². The molecule has 0 aliphatic carbocycles. The van der Waals surface area contributed by atoms with Crippen molar-refractivity contribution in [3.05, 3.63) is 67.1 Å². The molecular weight excluding hydrogens is 274 g/mol. The van der Waals surface area contributed by atoms with Crippen LogP contribution in [0.3, 0.4) is 0 Å². The van der Waals surface area contributed by atoms with Gasteiger partial charge in [0.05, 0.1) is 11.8 Å². The van der Waals surface area contributed by atoms with Crippen molar-refractivity contribution in [1.29, 1.82) is 0 Å². The molecule has 0 unspecified atom stereocenters. The summed E-state index contributed by atoms with van der Waals surface area (Å²) < 4.78 is 7.65. The van der Waals surface area contributed by atoms with E-state index in [4.69, 9.17) is 14.4 Å². The fourth-order valence-electron chi connectivity index (χ4n) is 2.94. The van der Waals surface area contributed by atoms with E-state index in [9.17, 15) is 0 Å². The Morgan fingerprint density at radius 2 is 1.77 bits per heavy atom. The van der Waals surface area contributed by atoms with E-state index in [1.54, 1.807) is 6.26 Å². The van der Waals surface area contributed by atoms with Crippen LogP contribution in [-0.4, -0.2) is 14.4 Å². The van der Waals surface area contributed by atoms with Crippen molar-refractivity contribution < 1.29 is 4.42 Å². The fourth-order valence-corrected chi connectivity index (χ4v) is 2.94. The van der Waals surface area contributed by atoms with Crippen LogP contribution in [0.2, 0.25) is 0 Å². The molecule has 0 amide bonds. The van der Waals surface area contributed by atoms with E-state index in [0.29, 0.717) is 0 Å². The number of hydrogen-bond acceptors (Lipinski definition) is 3. The quantitative estimate of drug-likeness (QED) is 0.461. The van der Waals surface area contributed by atoms with Crippen molar-refractivity contribution in [1.82, 2.24) is 14.4 Å². The molecule has 5 rings (SSSR count). The van der Waals surface area contributed by atoms with Gasteiger partial charge in [-0.25, -0.2) is 9.97 Å². The van der Waals surface area contributed by atoms with Crippen LogP contribution in [0, 0.1) is 0 Å². The van der Waals surface area contributed by atoms with Gasteiger partial charge in [-0.05, 0) is 30.3 Å². The third-order valence-electron chi connectivity index (χ3n) is 3.90. The summed E-state index contributed by atoms with van der Waals surface area (Å²) in [5.74, 6) is 0.751. The first-order chi connectivity index (χ1) is 10.9. The molecule has 4 heterocycles. The van der Waals surface area contributed by atoms with E-state index in [2.05, 4.69) is 10.5 Å². The van der Waals surface area contributed by atoms with Crippen LogP contribution in [0.1, 0.15) is 0 Å². The molecule has 0 aliphatic rings. The Morgan fingerprint density at radius 3 is 2.68 bits per heavy atom. The molecule has 5 aromatic rings. The van der Waals surface area contributed by atoms with E-state index in [1.165, 1.54) is 0 Å². The second-order valence-electron chi connectivity index (χ2n) is 5.19. The molecule has 0 radical (unpaired) electrons. The van der Waals surface area contributed by atoms with Crippen molar-refractivity contribution >= 4 is 27.6 Å². The maximum absolute atomic E-state index is 5.59. The molecule has 22 heavy (non-hydrogen) atoms. The minimum Gasteiger partial charge on any atom is -0.463 e. The normalized spacial score (nSPS) is 11.6. The summed E-state index contributed by atoms with van der Waals surface area (Å²) >= 11 is 0. The van der Waals surface area contributed by atoms with Gasteiger partial charge in [0.25, 0.3) is 0 Å². The molecule has 104 valence electrons. The number of para-hydroxylation sites is 1. The van der Waals surface area contributed by atoms with E-state index < -0.39 is 0 Å². The zero-order valence-electron chi connectivity index (χ0n) is 11.6. The largest absolute Gasteiger partial charge is 0.463 e. The first kappa shape index (κ1) is 11.5. The highest BCUT2D eigenvalue weighted by molar-refractivity contribution is 6.08. The third-order valence-corrected chi connectivity index (χ3v) is 3.90. The van der Waals surface area contributed by atoms with E-state index in [0.717, 1.165) is 39.0 Å². The number of nitrogens with zero attached hydrogens (tertiary/aromatic N) is 3. The highest BCUT2D eigenvalue weighted by Gasteiger charge is 2.17. The summed E-state index contributed by atoms with van der Waals surface area (Å²) in [6.07, 6.45) is 3.68. The van der Waals surface area contributed by atoms with Crippen molar-refractivity contribution in [3.8, 4) is 11.5 Å². The highest BCUT2D eigenvalue weighted by Crippen LogP contribution is 2.32. The van der Waals surface area contributed by atoms with Gasteiger partial charge in [0, 0.05) is 11.6 Å². The van der Waals surface area contributed by atoms with Gasteiger partial charge in [-0.15, -0.1) is 0 Å². The molecule has 0 saturated heterocycles. The van der Waals surface area contributed by atoms with Crippen LogP contribution >= 0.6 is 0 Å². The lowest BCUT2D eigenvalue weighted by molar-refractivity contribution is 0.581. The molecule has 0 fully saturated rings. The first-order valence-corrected chi connectivity index (χ1v) is 7.11. The minimum atomic E-state index is 0.751. The van der Waals surface area contributed by atoms with Gasteiger partial charge in [0.2, 0.25) is 0 Å². The summed E-state index contributed by atoms with van der Waals surface area (Å²) in [6.45, 7) is 0. The number of benzene rings is 1. The number of imidazole rings is 1. The Bertz CT molecular complexity index is 1120. The second kappa shape index (κ2) is 4.18.